The van der Waals surface area contributed by atoms with E-state index in [-0.39, 0.29) is 45.8 Å². The third-order valence-corrected chi connectivity index (χ3v) is 10.4. The monoisotopic (exact) mass is 814 g/mol. The van der Waals surface area contributed by atoms with Gasteiger partial charge in [0.2, 0.25) is 12.3 Å². The minimum absolute atomic E-state index is 0.00829. The van der Waals surface area contributed by atoms with Gasteiger partial charge in [0.1, 0.15) is 17.4 Å². The SMILES string of the molecule is COC1CC(c2ncc(-c3ccc(-c4cc(Cl)c(NC(=O)c5ccc(N6CCNCC6C)nc5)cc4OC(F)(F)F)cc3)[nH]2)N(C(=O)C(NC(O)OC)C(C)C)C1. The van der Waals surface area contributed by atoms with Gasteiger partial charge in [-0.25, -0.2) is 9.97 Å². The van der Waals surface area contributed by atoms with Crippen LogP contribution in [0.25, 0.3) is 22.4 Å². The van der Waals surface area contributed by atoms with E-state index in [1.54, 1.807) is 54.6 Å². The molecule has 306 valence electrons. The Morgan fingerprint density at radius 3 is 2.42 bits per heavy atom. The Bertz CT molecular complexity index is 2020. The van der Waals surface area contributed by atoms with E-state index in [0.717, 1.165) is 25.7 Å². The predicted molar refractivity (Wildman–Crippen MR) is 208 cm³/mol. The van der Waals surface area contributed by atoms with E-state index >= 15 is 0 Å². The van der Waals surface area contributed by atoms with Crippen molar-refractivity contribution < 1.29 is 42.1 Å². The molecule has 5 unspecified atom stereocenters. The number of amides is 2. The molecule has 6 rings (SSSR count). The molecule has 5 atom stereocenters. The fourth-order valence-electron chi connectivity index (χ4n) is 7.05. The summed E-state index contributed by atoms with van der Waals surface area (Å²) in [6, 6.07) is 11.3. The summed E-state index contributed by atoms with van der Waals surface area (Å²) in [5.74, 6) is -0.365. The number of aromatic nitrogens is 3. The highest BCUT2D eigenvalue weighted by molar-refractivity contribution is 6.34. The van der Waals surface area contributed by atoms with Gasteiger partial charge in [-0.3, -0.25) is 14.9 Å². The number of hydrogen-bond donors (Lipinski definition) is 5. The topological polar surface area (TPSA) is 166 Å². The van der Waals surface area contributed by atoms with Gasteiger partial charge < -0.3 is 44.7 Å². The predicted octanol–water partition coefficient (Wildman–Crippen LogP) is 5.57. The summed E-state index contributed by atoms with van der Waals surface area (Å²) in [7, 11) is 2.90. The summed E-state index contributed by atoms with van der Waals surface area (Å²) in [4.78, 5) is 43.0. The second kappa shape index (κ2) is 17.8. The highest BCUT2D eigenvalue weighted by Crippen LogP contribution is 2.41. The van der Waals surface area contributed by atoms with E-state index in [4.69, 9.17) is 21.1 Å². The van der Waals surface area contributed by atoms with Crippen LogP contribution in [0.2, 0.25) is 5.02 Å². The van der Waals surface area contributed by atoms with Crippen molar-refractivity contribution in [2.24, 2.45) is 5.92 Å². The third-order valence-electron chi connectivity index (χ3n) is 10.1. The fourth-order valence-corrected chi connectivity index (χ4v) is 7.26. The second-order valence-corrected chi connectivity index (χ2v) is 14.7. The highest BCUT2D eigenvalue weighted by Gasteiger charge is 2.41. The van der Waals surface area contributed by atoms with Crippen molar-refractivity contribution in [2.75, 3.05) is 50.6 Å². The molecule has 2 aromatic carbocycles. The van der Waals surface area contributed by atoms with Gasteiger partial charge in [0.05, 0.1) is 46.4 Å². The standard InChI is InChI=1S/C39H46ClF3N8O6/c1-21(2)34(49-38(54)56-5)37(53)51-20-26(55-4)14-31(51)35-46-19-30(47-35)24-8-6-23(7-9-24)27-15-28(40)29(16-32(27)57-39(41,42)43)48-36(52)25-10-11-33(45-18-25)50-13-12-44-17-22(50)3/h6-11,15-16,18-19,21-22,26,31,34,38,44,49,54H,12-14,17,20H2,1-5H3,(H,46,47)(H,48,52). The Labute approximate surface area is 333 Å². The number of aliphatic hydroxyl groups is 1. The zero-order valence-electron chi connectivity index (χ0n) is 32.1. The second-order valence-electron chi connectivity index (χ2n) is 14.3. The maximum atomic E-state index is 13.8. The van der Waals surface area contributed by atoms with Crippen LogP contribution in [0.3, 0.4) is 0 Å². The summed E-state index contributed by atoms with van der Waals surface area (Å²) in [5, 5.41) is 18.8. The van der Waals surface area contributed by atoms with Gasteiger partial charge in [-0.15, -0.1) is 13.2 Å². The number of hydrogen-bond acceptors (Lipinski definition) is 11. The minimum atomic E-state index is -5.04. The molecule has 0 radical (unpaired) electrons. The molecule has 4 aromatic rings. The molecule has 2 fully saturated rings. The smallest absolute Gasteiger partial charge is 0.405 e. The zero-order valence-corrected chi connectivity index (χ0v) is 32.8. The van der Waals surface area contributed by atoms with Crippen LogP contribution in [0.15, 0.2) is 60.9 Å². The Kier molecular flexibility index (Phi) is 13.1. The fraction of sp³-hybridized carbons (Fsp3) is 0.436. The van der Waals surface area contributed by atoms with Gasteiger partial charge in [0.15, 0.2) is 0 Å². The quantitative estimate of drug-likeness (QED) is 0.107. The number of benzene rings is 2. The van der Waals surface area contributed by atoms with E-state index in [9.17, 15) is 27.9 Å². The van der Waals surface area contributed by atoms with Gasteiger partial charge in [-0.05, 0) is 42.2 Å². The summed E-state index contributed by atoms with van der Waals surface area (Å²) >= 11 is 6.56. The van der Waals surface area contributed by atoms with Crippen LogP contribution in [0, 0.1) is 5.92 Å². The zero-order chi connectivity index (χ0) is 41.0. The van der Waals surface area contributed by atoms with E-state index in [1.807, 2.05) is 13.8 Å². The largest absolute Gasteiger partial charge is 0.573 e. The highest BCUT2D eigenvalue weighted by atomic mass is 35.5. The number of rotatable bonds is 13. The normalized spacial score (nSPS) is 19.8. The van der Waals surface area contributed by atoms with Crippen LogP contribution in [-0.4, -0.2) is 108 Å². The Morgan fingerprint density at radius 1 is 1.05 bits per heavy atom. The summed E-state index contributed by atoms with van der Waals surface area (Å²) in [6.07, 6.45) is -3.12. The average molecular weight is 815 g/mol. The molecule has 57 heavy (non-hydrogen) atoms. The maximum Gasteiger partial charge on any atom is 0.573 e. The van der Waals surface area contributed by atoms with Gasteiger partial charge in [0, 0.05) is 70.7 Å². The number of carbonyl (C=O) groups is 2. The number of aromatic amines is 1. The molecule has 2 saturated heterocycles. The van der Waals surface area contributed by atoms with Crippen molar-refractivity contribution in [3.63, 3.8) is 0 Å². The molecule has 2 aromatic heterocycles. The number of halogens is 4. The van der Waals surface area contributed by atoms with Gasteiger partial charge in [-0.1, -0.05) is 49.7 Å². The third kappa shape index (κ3) is 9.85. The molecule has 2 aliphatic heterocycles. The number of pyridine rings is 1. The van der Waals surface area contributed by atoms with Crippen LogP contribution in [0.5, 0.6) is 5.75 Å². The first-order valence-corrected chi connectivity index (χ1v) is 18.8. The number of piperazine rings is 1. The summed E-state index contributed by atoms with van der Waals surface area (Å²) < 4.78 is 56.0. The van der Waals surface area contributed by atoms with Crippen molar-refractivity contribution in [3.05, 3.63) is 77.3 Å². The number of aliphatic hydroxyl groups excluding tert-OH is 1. The van der Waals surface area contributed by atoms with Crippen molar-refractivity contribution in [1.82, 2.24) is 30.5 Å². The number of carbonyl (C=O) groups excluding carboxylic acids is 2. The van der Waals surface area contributed by atoms with Gasteiger partial charge in [0.25, 0.3) is 5.91 Å². The Balaban J connectivity index is 1.21. The van der Waals surface area contributed by atoms with Crippen molar-refractivity contribution in [1.29, 1.82) is 0 Å². The molecule has 0 saturated carbocycles. The average Bonchev–Trinajstić information content (AvgIpc) is 3.86. The molecule has 2 amide bonds. The number of nitrogens with one attached hydrogen (secondary N) is 4. The lowest BCUT2D eigenvalue weighted by atomic mass is 10.0. The first-order valence-electron chi connectivity index (χ1n) is 18.5. The molecule has 4 heterocycles. The maximum absolute atomic E-state index is 13.8. The van der Waals surface area contributed by atoms with Crippen molar-refractivity contribution >= 4 is 34.9 Å². The van der Waals surface area contributed by atoms with Crippen LogP contribution in [0.4, 0.5) is 24.7 Å². The number of likely N-dealkylation sites (tertiary alicyclic amines) is 1. The van der Waals surface area contributed by atoms with E-state index < -0.39 is 36.5 Å². The van der Waals surface area contributed by atoms with Gasteiger partial charge >= 0.3 is 6.36 Å². The lowest BCUT2D eigenvalue weighted by Gasteiger charge is -2.34. The lowest BCUT2D eigenvalue weighted by molar-refractivity contribution is -0.274. The Morgan fingerprint density at radius 2 is 1.79 bits per heavy atom. The molecule has 18 heteroatoms. The van der Waals surface area contributed by atoms with Crippen LogP contribution < -0.4 is 25.6 Å². The minimum Gasteiger partial charge on any atom is -0.405 e. The van der Waals surface area contributed by atoms with Crippen LogP contribution in [-0.2, 0) is 14.3 Å². The van der Waals surface area contributed by atoms with Crippen LogP contribution >= 0.6 is 11.6 Å². The lowest BCUT2D eigenvalue weighted by Crippen LogP contribution is -2.53. The molecule has 5 N–H and O–H groups in total. The summed E-state index contributed by atoms with van der Waals surface area (Å²) in [5.41, 5.74) is 1.79. The van der Waals surface area contributed by atoms with Crippen molar-refractivity contribution in [2.45, 2.75) is 64.2 Å². The van der Waals surface area contributed by atoms with Crippen molar-refractivity contribution in [3.8, 4) is 28.1 Å². The molecular weight excluding hydrogens is 769 g/mol. The molecular formula is C39H46ClF3N8O6. The molecule has 0 spiro atoms. The van der Waals surface area contributed by atoms with E-state index in [2.05, 4.69) is 47.5 Å². The number of methoxy groups -OCH3 is 2. The van der Waals surface area contributed by atoms with E-state index in [1.165, 1.54) is 19.4 Å². The number of anilines is 2. The Hall–Kier alpha value is -4.78. The van der Waals surface area contributed by atoms with Gasteiger partial charge in [-0.2, -0.15) is 0 Å². The number of alkyl halides is 3. The number of nitrogens with zero attached hydrogens (tertiary/aromatic N) is 4. The first kappa shape index (κ1) is 41.8. The molecule has 0 bridgehead atoms. The molecule has 0 aliphatic carbocycles. The summed E-state index contributed by atoms with van der Waals surface area (Å²) in [6.45, 7) is 8.47. The number of H-pyrrole nitrogens is 1. The first-order chi connectivity index (χ1) is 27.1. The number of imidazole rings is 1. The van der Waals surface area contributed by atoms with E-state index in [0.29, 0.717) is 41.4 Å². The molecule has 2 aliphatic rings. The molecule has 14 nitrogen and oxygen atoms in total. The van der Waals surface area contributed by atoms with Crippen LogP contribution in [0.1, 0.15) is 49.4 Å². The number of ether oxygens (including phenoxy) is 3.